The molecular formula is C18H21F3N2O. The highest BCUT2D eigenvalue weighted by Crippen LogP contribution is 2.28. The molecule has 0 radical (unpaired) electrons. The van der Waals surface area contributed by atoms with Gasteiger partial charge in [0, 0.05) is 0 Å². The van der Waals surface area contributed by atoms with Gasteiger partial charge in [0.1, 0.15) is 5.75 Å². The Bertz CT molecular complexity index is 665. The van der Waals surface area contributed by atoms with E-state index < -0.39 is 11.7 Å². The zero-order valence-electron chi connectivity index (χ0n) is 14.1. The van der Waals surface area contributed by atoms with Gasteiger partial charge in [0.25, 0.3) is 0 Å². The Balaban J connectivity index is 0.00000139. The fourth-order valence-corrected chi connectivity index (χ4v) is 1.82. The highest BCUT2D eigenvalue weighted by Gasteiger charge is 2.29. The van der Waals surface area contributed by atoms with Crippen LogP contribution in [0.2, 0.25) is 0 Å². The number of benzene rings is 2. The lowest BCUT2D eigenvalue weighted by Crippen LogP contribution is -2.04. The number of alkyl halides is 3. The van der Waals surface area contributed by atoms with Crippen LogP contribution in [0, 0.1) is 6.92 Å². The predicted octanol–water partition coefficient (Wildman–Crippen LogP) is 5.49. The summed E-state index contributed by atoms with van der Waals surface area (Å²) < 4.78 is 42.4. The number of hydrogen-bond acceptors (Lipinski definition) is 3. The van der Waals surface area contributed by atoms with Crippen LogP contribution >= 0.6 is 0 Å². The van der Waals surface area contributed by atoms with Crippen molar-refractivity contribution >= 4 is 11.9 Å². The number of nitrogens with one attached hydrogen (secondary N) is 1. The lowest BCUT2D eigenvalue weighted by Gasteiger charge is -2.07. The first-order chi connectivity index (χ1) is 11.4. The Morgan fingerprint density at radius 2 is 1.67 bits per heavy atom. The first kappa shape index (κ1) is 19.5. The third kappa shape index (κ3) is 5.61. The van der Waals surface area contributed by atoms with Gasteiger partial charge in [0.15, 0.2) is 0 Å². The molecule has 0 saturated carbocycles. The van der Waals surface area contributed by atoms with E-state index in [0.29, 0.717) is 5.56 Å². The maximum absolute atomic E-state index is 12.4. The van der Waals surface area contributed by atoms with Gasteiger partial charge in [-0.1, -0.05) is 26.0 Å². The molecule has 2 aromatic rings. The summed E-state index contributed by atoms with van der Waals surface area (Å²) >= 11 is 0. The summed E-state index contributed by atoms with van der Waals surface area (Å²) in [6.45, 7) is 5.90. The SMILES string of the molecule is CC.COc1ccc(N/N=C/c2ccc(C(F)(F)F)cc2)c(C)c1. The molecule has 6 heteroatoms. The number of rotatable bonds is 4. The van der Waals surface area contributed by atoms with Crippen LogP contribution in [-0.2, 0) is 6.18 Å². The van der Waals surface area contributed by atoms with Gasteiger partial charge in [-0.15, -0.1) is 0 Å². The molecule has 130 valence electrons. The number of anilines is 1. The molecule has 24 heavy (non-hydrogen) atoms. The number of nitrogens with zero attached hydrogens (tertiary/aromatic N) is 1. The molecular weight excluding hydrogens is 317 g/mol. The first-order valence-corrected chi connectivity index (χ1v) is 7.51. The Hall–Kier alpha value is -2.50. The summed E-state index contributed by atoms with van der Waals surface area (Å²) in [6.07, 6.45) is -2.86. The molecule has 2 aromatic carbocycles. The third-order valence-corrected chi connectivity index (χ3v) is 3.07. The van der Waals surface area contributed by atoms with E-state index in [1.807, 2.05) is 32.9 Å². The molecule has 1 N–H and O–H groups in total. The van der Waals surface area contributed by atoms with Gasteiger partial charge in [-0.3, -0.25) is 5.43 Å². The molecule has 0 heterocycles. The number of methoxy groups -OCH3 is 1. The monoisotopic (exact) mass is 338 g/mol. The summed E-state index contributed by atoms with van der Waals surface area (Å²) in [4.78, 5) is 0. The topological polar surface area (TPSA) is 33.6 Å². The Labute approximate surface area is 140 Å². The second-order valence-corrected chi connectivity index (χ2v) is 4.67. The minimum Gasteiger partial charge on any atom is -0.497 e. The van der Waals surface area contributed by atoms with Crippen molar-refractivity contribution < 1.29 is 17.9 Å². The van der Waals surface area contributed by atoms with E-state index in [9.17, 15) is 13.2 Å². The van der Waals surface area contributed by atoms with Crippen molar-refractivity contribution in [3.05, 3.63) is 59.2 Å². The second-order valence-electron chi connectivity index (χ2n) is 4.67. The van der Waals surface area contributed by atoms with Gasteiger partial charge in [0.05, 0.1) is 24.6 Å². The van der Waals surface area contributed by atoms with Crippen LogP contribution in [0.4, 0.5) is 18.9 Å². The molecule has 2 rings (SSSR count). The summed E-state index contributed by atoms with van der Waals surface area (Å²) in [7, 11) is 1.59. The van der Waals surface area contributed by atoms with E-state index in [4.69, 9.17) is 4.74 Å². The van der Waals surface area contributed by atoms with E-state index in [-0.39, 0.29) is 0 Å². The smallest absolute Gasteiger partial charge is 0.416 e. The molecule has 0 aliphatic heterocycles. The van der Waals surface area contributed by atoms with Crippen LogP contribution in [0.15, 0.2) is 47.6 Å². The van der Waals surface area contributed by atoms with E-state index in [0.717, 1.165) is 29.1 Å². The van der Waals surface area contributed by atoms with Crippen LogP contribution in [0.5, 0.6) is 5.75 Å². The van der Waals surface area contributed by atoms with Crippen LogP contribution in [0.1, 0.15) is 30.5 Å². The molecule has 0 bridgehead atoms. The molecule has 0 amide bonds. The van der Waals surface area contributed by atoms with Crippen molar-refractivity contribution in [1.82, 2.24) is 0 Å². The number of hydrogen-bond donors (Lipinski definition) is 1. The molecule has 0 aromatic heterocycles. The average molecular weight is 338 g/mol. The fourth-order valence-electron chi connectivity index (χ4n) is 1.82. The van der Waals surface area contributed by atoms with Crippen molar-refractivity contribution in [2.75, 3.05) is 12.5 Å². The summed E-state index contributed by atoms with van der Waals surface area (Å²) in [5, 5.41) is 4.02. The predicted molar refractivity (Wildman–Crippen MR) is 91.7 cm³/mol. The second kappa shape index (κ2) is 8.96. The summed E-state index contributed by atoms with van der Waals surface area (Å²) in [5.74, 6) is 0.745. The van der Waals surface area contributed by atoms with E-state index in [2.05, 4.69) is 10.5 Å². The molecule has 0 aliphatic rings. The van der Waals surface area contributed by atoms with E-state index >= 15 is 0 Å². The average Bonchev–Trinajstić information content (AvgIpc) is 2.57. The normalized spacial score (nSPS) is 11.0. The van der Waals surface area contributed by atoms with Crippen molar-refractivity contribution in [1.29, 1.82) is 0 Å². The van der Waals surface area contributed by atoms with Crippen LogP contribution < -0.4 is 10.2 Å². The van der Waals surface area contributed by atoms with E-state index in [1.165, 1.54) is 18.3 Å². The number of ether oxygens (including phenoxy) is 1. The fraction of sp³-hybridized carbons (Fsp3) is 0.278. The van der Waals surface area contributed by atoms with Crippen LogP contribution in [0.3, 0.4) is 0 Å². The Morgan fingerprint density at radius 3 is 2.17 bits per heavy atom. The molecule has 0 spiro atoms. The highest BCUT2D eigenvalue weighted by atomic mass is 19.4. The standard InChI is InChI=1S/C16H15F3N2O.C2H6/c1-11-9-14(22-2)7-8-15(11)21-20-10-12-3-5-13(6-4-12)16(17,18)19;1-2/h3-10,21H,1-2H3;1-2H3/b20-10+;. The molecule has 0 atom stereocenters. The van der Waals surface area contributed by atoms with Gasteiger partial charge in [-0.25, -0.2) is 0 Å². The van der Waals surface area contributed by atoms with Gasteiger partial charge < -0.3 is 4.74 Å². The lowest BCUT2D eigenvalue weighted by molar-refractivity contribution is -0.137. The number of halogens is 3. The van der Waals surface area contributed by atoms with Gasteiger partial charge in [-0.05, 0) is 48.4 Å². The lowest BCUT2D eigenvalue weighted by atomic mass is 10.1. The minimum absolute atomic E-state index is 0.576. The van der Waals surface area contributed by atoms with Gasteiger partial charge in [-0.2, -0.15) is 18.3 Å². The van der Waals surface area contributed by atoms with Crippen molar-refractivity contribution in [3.63, 3.8) is 0 Å². The van der Waals surface area contributed by atoms with Crippen molar-refractivity contribution in [3.8, 4) is 5.75 Å². The molecule has 0 saturated heterocycles. The largest absolute Gasteiger partial charge is 0.497 e. The third-order valence-electron chi connectivity index (χ3n) is 3.07. The van der Waals surface area contributed by atoms with Gasteiger partial charge >= 0.3 is 6.18 Å². The molecule has 3 nitrogen and oxygen atoms in total. The molecule has 0 unspecified atom stereocenters. The van der Waals surface area contributed by atoms with Crippen LogP contribution in [0.25, 0.3) is 0 Å². The summed E-state index contributed by atoms with van der Waals surface area (Å²) in [5.41, 5.74) is 4.49. The quantitative estimate of drug-likeness (QED) is 0.590. The zero-order valence-corrected chi connectivity index (χ0v) is 14.1. The van der Waals surface area contributed by atoms with Crippen molar-refractivity contribution in [2.24, 2.45) is 5.10 Å². The van der Waals surface area contributed by atoms with Crippen LogP contribution in [-0.4, -0.2) is 13.3 Å². The van der Waals surface area contributed by atoms with Crippen molar-refractivity contribution in [2.45, 2.75) is 26.9 Å². The van der Waals surface area contributed by atoms with Gasteiger partial charge in [0.2, 0.25) is 0 Å². The Morgan fingerprint density at radius 1 is 1.04 bits per heavy atom. The van der Waals surface area contributed by atoms with E-state index in [1.54, 1.807) is 13.2 Å². The number of hydrazone groups is 1. The summed E-state index contributed by atoms with van der Waals surface area (Å²) in [6, 6.07) is 10.3. The highest BCUT2D eigenvalue weighted by molar-refractivity contribution is 5.80. The zero-order chi connectivity index (χ0) is 18.2. The first-order valence-electron chi connectivity index (χ1n) is 7.51. The number of aryl methyl sites for hydroxylation is 1. The minimum atomic E-state index is -4.33. The molecule has 0 aliphatic carbocycles. The molecule has 0 fully saturated rings. The maximum Gasteiger partial charge on any atom is 0.416 e. The maximum atomic E-state index is 12.4. The Kier molecular flexibility index (Phi) is 7.30.